The van der Waals surface area contributed by atoms with Gasteiger partial charge in [0.25, 0.3) is 0 Å². The minimum Gasteiger partial charge on any atom is -0.350 e. The highest BCUT2D eigenvalue weighted by Crippen LogP contribution is 2.27. The zero-order valence-corrected chi connectivity index (χ0v) is 15.2. The average molecular weight is 340 g/mol. The van der Waals surface area contributed by atoms with Gasteiger partial charge in [0.2, 0.25) is 0 Å². The Kier molecular flexibility index (Phi) is 4.12. The summed E-state index contributed by atoms with van der Waals surface area (Å²) in [6.45, 7) is 7.26. The molecule has 1 fully saturated rings. The summed E-state index contributed by atoms with van der Waals surface area (Å²) >= 11 is 0. The number of rotatable bonds is 3. The van der Waals surface area contributed by atoms with Crippen molar-refractivity contribution in [3.05, 3.63) is 53.2 Å². The van der Waals surface area contributed by atoms with E-state index in [9.17, 15) is 4.39 Å². The largest absolute Gasteiger partial charge is 0.350 e. The van der Waals surface area contributed by atoms with Crippen LogP contribution in [0.5, 0.6) is 0 Å². The van der Waals surface area contributed by atoms with Crippen LogP contribution in [-0.2, 0) is 13.6 Å². The highest BCUT2D eigenvalue weighted by molar-refractivity contribution is 5.83. The van der Waals surface area contributed by atoms with Gasteiger partial charge in [0.15, 0.2) is 0 Å². The van der Waals surface area contributed by atoms with Crippen molar-refractivity contribution in [2.75, 3.05) is 13.1 Å². The van der Waals surface area contributed by atoms with Crippen molar-refractivity contribution in [2.24, 2.45) is 7.05 Å². The molecule has 5 heteroatoms. The third-order valence-electron chi connectivity index (χ3n) is 5.38. The molecule has 25 heavy (non-hydrogen) atoms. The van der Waals surface area contributed by atoms with Gasteiger partial charge >= 0.3 is 0 Å². The summed E-state index contributed by atoms with van der Waals surface area (Å²) in [6.07, 6.45) is 4.39. The number of benzene rings is 1. The van der Waals surface area contributed by atoms with Crippen molar-refractivity contribution >= 4 is 10.9 Å². The van der Waals surface area contributed by atoms with Gasteiger partial charge in [-0.25, -0.2) is 4.39 Å². The van der Waals surface area contributed by atoms with E-state index < -0.39 is 0 Å². The summed E-state index contributed by atoms with van der Waals surface area (Å²) < 4.78 is 17.7. The second kappa shape index (κ2) is 6.30. The maximum absolute atomic E-state index is 13.5. The molecule has 1 aromatic carbocycles. The van der Waals surface area contributed by atoms with Gasteiger partial charge in [-0.2, -0.15) is 5.10 Å². The van der Waals surface area contributed by atoms with E-state index in [0.717, 1.165) is 49.1 Å². The van der Waals surface area contributed by atoms with Crippen LogP contribution in [0.3, 0.4) is 0 Å². The number of hydrogen-bond acceptors (Lipinski definition) is 2. The molecule has 0 N–H and O–H groups in total. The van der Waals surface area contributed by atoms with E-state index in [2.05, 4.69) is 40.8 Å². The molecule has 0 saturated carbocycles. The van der Waals surface area contributed by atoms with E-state index in [4.69, 9.17) is 0 Å². The van der Waals surface area contributed by atoms with Crippen molar-refractivity contribution in [3.8, 4) is 0 Å². The molecule has 2 aromatic heterocycles. The molecule has 1 saturated heterocycles. The van der Waals surface area contributed by atoms with Crippen molar-refractivity contribution in [1.82, 2.24) is 19.2 Å². The number of fused-ring (bicyclic) bond motifs is 1. The van der Waals surface area contributed by atoms with Crippen LogP contribution in [-0.4, -0.2) is 32.3 Å². The van der Waals surface area contributed by atoms with Crippen LogP contribution in [0.15, 0.2) is 30.5 Å². The van der Waals surface area contributed by atoms with Crippen molar-refractivity contribution in [3.63, 3.8) is 0 Å². The van der Waals surface area contributed by atoms with Gasteiger partial charge in [0.1, 0.15) is 5.82 Å². The number of halogens is 1. The summed E-state index contributed by atoms with van der Waals surface area (Å²) in [6, 6.07) is 7.74. The highest BCUT2D eigenvalue weighted by atomic mass is 19.1. The molecular formula is C20H25FN4. The first-order chi connectivity index (χ1) is 12.0. The van der Waals surface area contributed by atoms with Crippen LogP contribution in [0.25, 0.3) is 10.9 Å². The molecule has 0 aliphatic carbocycles. The summed E-state index contributed by atoms with van der Waals surface area (Å²) in [7, 11) is 1.99. The predicted molar refractivity (Wildman–Crippen MR) is 98.1 cm³/mol. The number of aromatic nitrogens is 3. The number of likely N-dealkylation sites (tertiary alicyclic amines) is 1. The maximum atomic E-state index is 13.5. The molecule has 0 amide bonds. The van der Waals surface area contributed by atoms with Crippen LogP contribution < -0.4 is 0 Å². The van der Waals surface area contributed by atoms with Gasteiger partial charge in [-0.05, 0) is 56.5 Å². The van der Waals surface area contributed by atoms with Crippen LogP contribution >= 0.6 is 0 Å². The van der Waals surface area contributed by atoms with E-state index in [1.807, 2.05) is 17.7 Å². The Bertz CT molecular complexity index is 900. The first-order valence-corrected chi connectivity index (χ1v) is 9.00. The zero-order valence-electron chi connectivity index (χ0n) is 15.2. The van der Waals surface area contributed by atoms with Crippen molar-refractivity contribution in [1.29, 1.82) is 0 Å². The van der Waals surface area contributed by atoms with Crippen molar-refractivity contribution in [2.45, 2.75) is 39.3 Å². The van der Waals surface area contributed by atoms with E-state index in [1.165, 1.54) is 11.3 Å². The summed E-state index contributed by atoms with van der Waals surface area (Å²) in [5.41, 5.74) is 4.60. The highest BCUT2D eigenvalue weighted by Gasteiger charge is 2.23. The molecule has 0 unspecified atom stereocenters. The molecule has 1 aliphatic rings. The third kappa shape index (κ3) is 3.09. The summed E-state index contributed by atoms with van der Waals surface area (Å²) in [5.74, 6) is -0.175. The van der Waals surface area contributed by atoms with E-state index in [1.54, 1.807) is 12.1 Å². The van der Waals surface area contributed by atoms with Gasteiger partial charge in [0.05, 0.1) is 17.3 Å². The fourth-order valence-corrected chi connectivity index (χ4v) is 4.15. The van der Waals surface area contributed by atoms with Crippen LogP contribution in [0.4, 0.5) is 4.39 Å². The molecule has 1 aliphatic heterocycles. The topological polar surface area (TPSA) is 26.0 Å². The van der Waals surface area contributed by atoms with Crippen molar-refractivity contribution < 1.29 is 4.39 Å². The third-order valence-corrected chi connectivity index (χ3v) is 5.38. The fourth-order valence-electron chi connectivity index (χ4n) is 4.15. The lowest BCUT2D eigenvalue weighted by molar-refractivity contribution is 0.172. The number of aryl methyl sites for hydroxylation is 3. The van der Waals surface area contributed by atoms with Gasteiger partial charge < -0.3 is 4.57 Å². The Morgan fingerprint density at radius 2 is 1.92 bits per heavy atom. The SMILES string of the molecule is Cc1cc(C)n(C2CCN(Cc3cn(C)c4cc(F)ccc34)CC2)n1. The van der Waals surface area contributed by atoms with E-state index in [0.29, 0.717) is 6.04 Å². The first-order valence-electron chi connectivity index (χ1n) is 9.00. The first kappa shape index (κ1) is 16.3. The predicted octanol–water partition coefficient (Wildman–Crippen LogP) is 3.97. The summed E-state index contributed by atoms with van der Waals surface area (Å²) in [5, 5.41) is 5.81. The fraction of sp³-hybridized carbons (Fsp3) is 0.450. The molecule has 4 rings (SSSR count). The van der Waals surface area contributed by atoms with Crippen LogP contribution in [0, 0.1) is 19.7 Å². The molecule has 0 atom stereocenters. The smallest absolute Gasteiger partial charge is 0.125 e. The van der Waals surface area contributed by atoms with Gasteiger partial charge in [0, 0.05) is 44.0 Å². The molecule has 3 heterocycles. The minimum absolute atomic E-state index is 0.175. The molecule has 0 bridgehead atoms. The number of hydrogen-bond donors (Lipinski definition) is 0. The quantitative estimate of drug-likeness (QED) is 0.721. The monoisotopic (exact) mass is 340 g/mol. The van der Waals surface area contributed by atoms with E-state index >= 15 is 0 Å². The second-order valence-electron chi connectivity index (χ2n) is 7.31. The molecule has 4 nitrogen and oxygen atoms in total. The molecular weight excluding hydrogens is 315 g/mol. The average Bonchev–Trinajstić information content (AvgIpc) is 3.07. The maximum Gasteiger partial charge on any atom is 0.125 e. The molecule has 3 aromatic rings. The Morgan fingerprint density at radius 1 is 1.16 bits per heavy atom. The Morgan fingerprint density at radius 3 is 2.60 bits per heavy atom. The van der Waals surface area contributed by atoms with Crippen LogP contribution in [0.1, 0.15) is 35.8 Å². The lowest BCUT2D eigenvalue weighted by atomic mass is 10.0. The lowest BCUT2D eigenvalue weighted by Crippen LogP contribution is -2.34. The Hall–Kier alpha value is -2.14. The number of piperidine rings is 1. The Labute approximate surface area is 147 Å². The van der Waals surface area contributed by atoms with Gasteiger partial charge in [-0.15, -0.1) is 0 Å². The van der Waals surface area contributed by atoms with Crippen LogP contribution in [0.2, 0.25) is 0 Å². The summed E-state index contributed by atoms with van der Waals surface area (Å²) in [4.78, 5) is 2.50. The molecule has 0 radical (unpaired) electrons. The standard InChI is InChI=1S/C20H25FN4/c1-14-10-15(2)25(22-14)18-6-8-24(9-7-18)13-16-12-23(3)20-11-17(21)4-5-19(16)20/h4-5,10-12,18H,6-9,13H2,1-3H3. The molecule has 132 valence electrons. The molecule has 0 spiro atoms. The minimum atomic E-state index is -0.175. The zero-order chi connectivity index (χ0) is 17.6. The lowest BCUT2D eigenvalue weighted by Gasteiger charge is -2.32. The second-order valence-corrected chi connectivity index (χ2v) is 7.31. The van der Waals surface area contributed by atoms with Gasteiger partial charge in [-0.3, -0.25) is 9.58 Å². The van der Waals surface area contributed by atoms with Gasteiger partial charge in [-0.1, -0.05) is 0 Å². The Balaban J connectivity index is 1.46. The normalized spacial score (nSPS) is 16.8. The van der Waals surface area contributed by atoms with E-state index in [-0.39, 0.29) is 5.82 Å². The number of nitrogens with zero attached hydrogens (tertiary/aromatic N) is 4.